The molecular weight excluding hydrogens is 465 g/mol. The maximum absolute atomic E-state index is 14.5. The molecule has 7 rings (SSSR count). The summed E-state index contributed by atoms with van der Waals surface area (Å²) >= 11 is 0. The first-order chi connectivity index (χ1) is 17.5. The molecule has 0 amide bonds. The molecular formula is C23H22FN11O. The fourth-order valence-corrected chi connectivity index (χ4v) is 5.22. The van der Waals surface area contributed by atoms with Gasteiger partial charge in [0.1, 0.15) is 23.0 Å². The number of nitrogens with two attached hydrogens (primary N) is 1. The summed E-state index contributed by atoms with van der Waals surface area (Å²) in [5.41, 5.74) is 8.81. The Morgan fingerprint density at radius 2 is 2.00 bits per heavy atom. The predicted molar refractivity (Wildman–Crippen MR) is 130 cm³/mol. The standard InChI is InChI=1S/C23H22FN11O/c1-26-16-5-11(24)4-13-17-20(28-19(13)16)29-23(30-22(17)35-8-14-15(9-35)18(14)25)36-12-3-10(6-27-7-12)21-31-32-33-34(21)2/h3-7,14-15,18,26H,8-9,25H2,1-2H3,(H,28,29,30). The lowest BCUT2D eigenvalue weighted by Gasteiger charge is -2.21. The third-order valence-electron chi connectivity index (χ3n) is 7.12. The molecule has 2 fully saturated rings. The molecule has 0 bridgehead atoms. The number of tetrazole rings is 1. The smallest absolute Gasteiger partial charge is 0.326 e. The summed E-state index contributed by atoms with van der Waals surface area (Å²) in [6.07, 6.45) is 3.23. The van der Waals surface area contributed by atoms with Crippen molar-refractivity contribution >= 4 is 33.4 Å². The Kier molecular flexibility index (Phi) is 4.39. The second kappa shape index (κ2) is 7.55. The van der Waals surface area contributed by atoms with Crippen molar-refractivity contribution in [3.63, 3.8) is 0 Å². The number of halogens is 1. The van der Waals surface area contributed by atoms with Gasteiger partial charge in [-0.15, -0.1) is 5.10 Å². The monoisotopic (exact) mass is 487 g/mol. The third-order valence-corrected chi connectivity index (χ3v) is 7.12. The van der Waals surface area contributed by atoms with Crippen LogP contribution in [-0.2, 0) is 7.05 Å². The van der Waals surface area contributed by atoms with Crippen LogP contribution in [0.5, 0.6) is 11.8 Å². The van der Waals surface area contributed by atoms with E-state index in [-0.39, 0.29) is 17.9 Å². The highest BCUT2D eigenvalue weighted by Gasteiger charge is 2.54. The van der Waals surface area contributed by atoms with E-state index < -0.39 is 0 Å². The Labute approximate surface area is 203 Å². The van der Waals surface area contributed by atoms with Gasteiger partial charge in [0.2, 0.25) is 0 Å². The quantitative estimate of drug-likeness (QED) is 0.336. The zero-order valence-corrected chi connectivity index (χ0v) is 19.5. The molecule has 1 saturated heterocycles. The average Bonchev–Trinajstić information content (AvgIpc) is 3.33. The first-order valence-electron chi connectivity index (χ1n) is 11.6. The zero-order valence-electron chi connectivity index (χ0n) is 19.5. The fourth-order valence-electron chi connectivity index (χ4n) is 5.22. The SMILES string of the molecule is CNc1cc(F)cc2c1[nH]c1nc(Oc3cncc(-c4nnnn4C)c3)nc(N3CC4C(N)C4C3)c12. The summed E-state index contributed by atoms with van der Waals surface area (Å²) in [4.78, 5) is 19.2. The molecule has 4 N–H and O–H groups in total. The molecule has 4 aromatic heterocycles. The molecule has 5 heterocycles. The van der Waals surface area contributed by atoms with E-state index in [1.54, 1.807) is 37.2 Å². The minimum Gasteiger partial charge on any atom is -0.423 e. The second-order valence-corrected chi connectivity index (χ2v) is 9.25. The van der Waals surface area contributed by atoms with Gasteiger partial charge in [0.15, 0.2) is 5.82 Å². The predicted octanol–water partition coefficient (Wildman–Crippen LogP) is 2.06. The average molecular weight is 488 g/mol. The number of nitrogens with one attached hydrogen (secondary N) is 2. The number of nitrogens with zero attached hydrogens (tertiary/aromatic N) is 8. The molecule has 2 aliphatic rings. The largest absolute Gasteiger partial charge is 0.423 e. The number of hydrogen-bond acceptors (Lipinski definition) is 10. The molecule has 2 unspecified atom stereocenters. The van der Waals surface area contributed by atoms with Gasteiger partial charge < -0.3 is 25.7 Å². The minimum atomic E-state index is -0.341. The molecule has 1 saturated carbocycles. The number of fused-ring (bicyclic) bond motifs is 4. The highest BCUT2D eigenvalue weighted by Crippen LogP contribution is 2.47. The van der Waals surface area contributed by atoms with Crippen LogP contribution in [0, 0.1) is 17.7 Å². The van der Waals surface area contributed by atoms with Crippen LogP contribution in [0.25, 0.3) is 33.3 Å². The van der Waals surface area contributed by atoms with Crippen molar-refractivity contribution in [3.05, 3.63) is 36.4 Å². The molecule has 0 radical (unpaired) electrons. The number of rotatable bonds is 5. The highest BCUT2D eigenvalue weighted by atomic mass is 19.1. The van der Waals surface area contributed by atoms with E-state index in [2.05, 4.69) is 40.7 Å². The van der Waals surface area contributed by atoms with E-state index in [4.69, 9.17) is 15.5 Å². The van der Waals surface area contributed by atoms with Gasteiger partial charge in [0.05, 0.1) is 22.8 Å². The number of benzene rings is 1. The van der Waals surface area contributed by atoms with Gasteiger partial charge in [-0.1, -0.05) is 0 Å². The Morgan fingerprint density at radius 1 is 1.17 bits per heavy atom. The van der Waals surface area contributed by atoms with Gasteiger partial charge in [0.25, 0.3) is 0 Å². The van der Waals surface area contributed by atoms with Crippen LogP contribution in [0.1, 0.15) is 0 Å². The van der Waals surface area contributed by atoms with Crippen LogP contribution in [0.15, 0.2) is 30.6 Å². The van der Waals surface area contributed by atoms with Gasteiger partial charge >= 0.3 is 6.01 Å². The van der Waals surface area contributed by atoms with E-state index in [9.17, 15) is 4.39 Å². The maximum Gasteiger partial charge on any atom is 0.326 e. The van der Waals surface area contributed by atoms with Crippen molar-refractivity contribution < 1.29 is 9.13 Å². The lowest BCUT2D eigenvalue weighted by Crippen LogP contribution is -2.29. The summed E-state index contributed by atoms with van der Waals surface area (Å²) in [7, 11) is 3.50. The molecule has 36 heavy (non-hydrogen) atoms. The zero-order chi connectivity index (χ0) is 24.6. The van der Waals surface area contributed by atoms with Crippen molar-refractivity contribution in [2.75, 3.05) is 30.4 Å². The molecule has 2 atom stereocenters. The minimum absolute atomic E-state index is 0.149. The van der Waals surface area contributed by atoms with E-state index in [1.165, 1.54) is 12.1 Å². The van der Waals surface area contributed by atoms with Crippen LogP contribution in [-0.4, -0.2) is 66.3 Å². The second-order valence-electron chi connectivity index (χ2n) is 9.25. The van der Waals surface area contributed by atoms with Crippen molar-refractivity contribution in [2.24, 2.45) is 24.6 Å². The Morgan fingerprint density at radius 3 is 2.75 bits per heavy atom. The Hall–Kier alpha value is -4.39. The van der Waals surface area contributed by atoms with Crippen LogP contribution < -0.4 is 20.7 Å². The lowest BCUT2D eigenvalue weighted by atomic mass is 10.1. The van der Waals surface area contributed by atoms with Gasteiger partial charge in [-0.05, 0) is 40.5 Å². The van der Waals surface area contributed by atoms with Crippen LogP contribution >= 0.6 is 0 Å². The first-order valence-corrected chi connectivity index (χ1v) is 11.6. The Bertz CT molecular complexity index is 1630. The van der Waals surface area contributed by atoms with Crippen molar-refractivity contribution in [1.29, 1.82) is 0 Å². The molecule has 1 aliphatic carbocycles. The fraction of sp³-hybridized carbons (Fsp3) is 0.304. The summed E-state index contributed by atoms with van der Waals surface area (Å²) in [6, 6.07) is 5.11. The molecule has 1 aromatic carbocycles. The number of ether oxygens (including phenoxy) is 1. The van der Waals surface area contributed by atoms with Crippen LogP contribution in [0.3, 0.4) is 0 Å². The van der Waals surface area contributed by atoms with Gasteiger partial charge in [-0.25, -0.2) is 9.07 Å². The number of pyridine rings is 1. The molecule has 0 spiro atoms. The molecule has 13 heteroatoms. The number of aromatic nitrogens is 8. The number of aryl methyl sites for hydroxylation is 1. The van der Waals surface area contributed by atoms with Gasteiger partial charge in [0, 0.05) is 50.4 Å². The normalized spacial score (nSPS) is 20.8. The van der Waals surface area contributed by atoms with Crippen molar-refractivity contribution in [1.82, 2.24) is 40.1 Å². The summed E-state index contributed by atoms with van der Waals surface area (Å²) in [5, 5.41) is 16.1. The third kappa shape index (κ3) is 3.16. The van der Waals surface area contributed by atoms with E-state index >= 15 is 0 Å². The summed E-state index contributed by atoms with van der Waals surface area (Å²) < 4.78 is 22.1. The topological polar surface area (TPSA) is 149 Å². The summed E-state index contributed by atoms with van der Waals surface area (Å²) in [6.45, 7) is 1.57. The number of H-pyrrole nitrogens is 1. The van der Waals surface area contributed by atoms with Crippen molar-refractivity contribution in [3.8, 4) is 23.1 Å². The first kappa shape index (κ1) is 20.9. The molecule has 12 nitrogen and oxygen atoms in total. The summed E-state index contributed by atoms with van der Waals surface area (Å²) in [5.74, 6) is 2.21. The molecule has 5 aromatic rings. The Balaban J connectivity index is 1.35. The van der Waals surface area contributed by atoms with E-state index in [0.29, 0.717) is 51.5 Å². The molecule has 1 aliphatic heterocycles. The van der Waals surface area contributed by atoms with E-state index in [1.807, 2.05) is 0 Å². The number of piperidine rings is 1. The van der Waals surface area contributed by atoms with E-state index in [0.717, 1.165) is 24.0 Å². The molecule has 182 valence electrons. The number of aromatic amines is 1. The van der Waals surface area contributed by atoms with Crippen LogP contribution in [0.4, 0.5) is 15.9 Å². The number of anilines is 2. The maximum atomic E-state index is 14.5. The van der Waals surface area contributed by atoms with Gasteiger partial charge in [-0.3, -0.25) is 4.98 Å². The van der Waals surface area contributed by atoms with Crippen LogP contribution in [0.2, 0.25) is 0 Å². The van der Waals surface area contributed by atoms with Gasteiger partial charge in [-0.2, -0.15) is 9.97 Å². The lowest BCUT2D eigenvalue weighted by molar-refractivity contribution is 0.442. The highest BCUT2D eigenvalue weighted by molar-refractivity contribution is 6.14. The number of hydrogen-bond donors (Lipinski definition) is 3. The van der Waals surface area contributed by atoms with Crippen molar-refractivity contribution in [2.45, 2.75) is 6.04 Å².